The second-order valence-electron chi connectivity index (χ2n) is 3.61. The molecule has 17 heavy (non-hydrogen) atoms. The number of hydrogen-bond donors (Lipinski definition) is 1. The molecule has 1 rings (SSSR count). The summed E-state index contributed by atoms with van der Waals surface area (Å²) in [6.07, 6.45) is 2.30. The lowest BCUT2D eigenvalue weighted by Crippen LogP contribution is -2.24. The van der Waals surface area contributed by atoms with Crippen molar-refractivity contribution in [2.45, 2.75) is 26.7 Å². The van der Waals surface area contributed by atoms with E-state index in [9.17, 15) is 9.59 Å². The smallest absolute Gasteiger partial charge is 0.305 e. The quantitative estimate of drug-likeness (QED) is 0.605. The molecule has 0 spiro atoms. The number of carbonyl (C=O) groups is 2. The van der Waals surface area contributed by atoms with Crippen molar-refractivity contribution in [3.8, 4) is 0 Å². The van der Waals surface area contributed by atoms with Gasteiger partial charge in [0, 0.05) is 13.0 Å². The molecular weight excluding hydrogens is 222 g/mol. The van der Waals surface area contributed by atoms with E-state index in [4.69, 9.17) is 9.15 Å². The third-order valence-electron chi connectivity index (χ3n) is 2.14. The van der Waals surface area contributed by atoms with Crippen LogP contribution in [0.5, 0.6) is 0 Å². The number of furan rings is 1. The van der Waals surface area contributed by atoms with E-state index < -0.39 is 0 Å². The summed E-state index contributed by atoms with van der Waals surface area (Å²) in [4.78, 5) is 22.6. The van der Waals surface area contributed by atoms with Crippen molar-refractivity contribution in [1.82, 2.24) is 5.32 Å². The Morgan fingerprint density at radius 3 is 2.82 bits per heavy atom. The van der Waals surface area contributed by atoms with Gasteiger partial charge in [-0.15, -0.1) is 0 Å². The maximum absolute atomic E-state index is 11.5. The summed E-state index contributed by atoms with van der Waals surface area (Å²) in [5.41, 5.74) is 0.499. The molecule has 0 saturated heterocycles. The van der Waals surface area contributed by atoms with Gasteiger partial charge in [0.15, 0.2) is 0 Å². The number of aryl methyl sites for hydroxylation is 1. The minimum Gasteiger partial charge on any atom is -0.469 e. The molecule has 1 amide bonds. The van der Waals surface area contributed by atoms with Crippen molar-refractivity contribution in [3.05, 3.63) is 23.7 Å². The van der Waals surface area contributed by atoms with Gasteiger partial charge < -0.3 is 14.5 Å². The standard InChI is InChI=1S/C12H17NO4/c1-3-16-11(14)5-4-6-13-12(15)10-7-9(2)17-8-10/h7-8H,3-6H2,1-2H3,(H,13,15). The Labute approximate surface area is 100 Å². The Kier molecular flexibility index (Phi) is 5.26. The molecule has 0 aliphatic heterocycles. The highest BCUT2D eigenvalue weighted by Crippen LogP contribution is 2.05. The third-order valence-corrected chi connectivity index (χ3v) is 2.14. The first-order chi connectivity index (χ1) is 8.13. The molecule has 0 aliphatic rings. The van der Waals surface area contributed by atoms with E-state index in [0.29, 0.717) is 37.3 Å². The number of nitrogens with one attached hydrogen (secondary N) is 1. The zero-order valence-corrected chi connectivity index (χ0v) is 10.1. The summed E-state index contributed by atoms with van der Waals surface area (Å²) in [6, 6.07) is 1.67. The second-order valence-corrected chi connectivity index (χ2v) is 3.61. The first kappa shape index (κ1) is 13.3. The van der Waals surface area contributed by atoms with Crippen molar-refractivity contribution in [2.75, 3.05) is 13.2 Å². The van der Waals surface area contributed by atoms with Crippen LogP contribution in [0.2, 0.25) is 0 Å². The molecule has 0 unspecified atom stereocenters. The number of ether oxygens (including phenoxy) is 1. The number of amides is 1. The number of esters is 1. The van der Waals surface area contributed by atoms with Gasteiger partial charge in [0.1, 0.15) is 12.0 Å². The van der Waals surface area contributed by atoms with E-state index >= 15 is 0 Å². The monoisotopic (exact) mass is 239 g/mol. The van der Waals surface area contributed by atoms with Gasteiger partial charge in [-0.2, -0.15) is 0 Å². The maximum atomic E-state index is 11.5. The van der Waals surface area contributed by atoms with Gasteiger partial charge in [-0.3, -0.25) is 9.59 Å². The molecule has 0 radical (unpaired) electrons. The highest BCUT2D eigenvalue weighted by molar-refractivity contribution is 5.93. The van der Waals surface area contributed by atoms with E-state index in [1.54, 1.807) is 19.9 Å². The van der Waals surface area contributed by atoms with E-state index in [-0.39, 0.29) is 11.9 Å². The summed E-state index contributed by atoms with van der Waals surface area (Å²) in [7, 11) is 0. The molecule has 0 bridgehead atoms. The van der Waals surface area contributed by atoms with Crippen molar-refractivity contribution in [3.63, 3.8) is 0 Å². The zero-order valence-electron chi connectivity index (χ0n) is 10.1. The predicted molar refractivity (Wildman–Crippen MR) is 61.6 cm³/mol. The Balaban J connectivity index is 2.19. The minimum absolute atomic E-state index is 0.189. The van der Waals surface area contributed by atoms with Crippen LogP contribution < -0.4 is 5.32 Å². The van der Waals surface area contributed by atoms with Gasteiger partial charge >= 0.3 is 5.97 Å². The number of carbonyl (C=O) groups excluding carboxylic acids is 2. The van der Waals surface area contributed by atoms with Gasteiger partial charge in [0.25, 0.3) is 5.91 Å². The fourth-order valence-corrected chi connectivity index (χ4v) is 1.33. The zero-order chi connectivity index (χ0) is 12.7. The third kappa shape index (κ3) is 4.72. The van der Waals surface area contributed by atoms with Crippen molar-refractivity contribution >= 4 is 11.9 Å². The fraction of sp³-hybridized carbons (Fsp3) is 0.500. The molecule has 0 fully saturated rings. The summed E-state index contributed by atoms with van der Waals surface area (Å²) in [6.45, 7) is 4.37. The molecule has 5 heteroatoms. The van der Waals surface area contributed by atoms with Crippen molar-refractivity contribution < 1.29 is 18.7 Å². The van der Waals surface area contributed by atoms with Crippen LogP contribution in [0.1, 0.15) is 35.9 Å². The summed E-state index contributed by atoms with van der Waals surface area (Å²) in [5.74, 6) is 0.272. The lowest BCUT2D eigenvalue weighted by atomic mass is 10.2. The predicted octanol–water partition coefficient (Wildman–Crippen LogP) is 1.66. The van der Waals surface area contributed by atoms with Crippen LogP contribution in [0.3, 0.4) is 0 Å². The lowest BCUT2D eigenvalue weighted by Gasteiger charge is -2.03. The molecule has 1 N–H and O–H groups in total. The Morgan fingerprint density at radius 2 is 2.24 bits per heavy atom. The van der Waals surface area contributed by atoms with Crippen LogP contribution in [0.25, 0.3) is 0 Å². The topological polar surface area (TPSA) is 68.5 Å². The molecule has 0 aliphatic carbocycles. The molecule has 0 aromatic carbocycles. The Bertz CT molecular complexity index is 384. The van der Waals surface area contributed by atoms with Gasteiger partial charge in [-0.25, -0.2) is 0 Å². The van der Waals surface area contributed by atoms with Crippen LogP contribution in [0.15, 0.2) is 16.7 Å². The van der Waals surface area contributed by atoms with Gasteiger partial charge in [-0.1, -0.05) is 0 Å². The minimum atomic E-state index is -0.235. The van der Waals surface area contributed by atoms with E-state index in [0.717, 1.165) is 0 Å². The lowest BCUT2D eigenvalue weighted by molar-refractivity contribution is -0.143. The first-order valence-electron chi connectivity index (χ1n) is 5.62. The van der Waals surface area contributed by atoms with Gasteiger partial charge in [0.05, 0.1) is 12.2 Å². The van der Waals surface area contributed by atoms with Gasteiger partial charge in [-0.05, 0) is 26.3 Å². The fourth-order valence-electron chi connectivity index (χ4n) is 1.33. The summed E-state index contributed by atoms with van der Waals surface area (Å²) >= 11 is 0. The largest absolute Gasteiger partial charge is 0.469 e. The maximum Gasteiger partial charge on any atom is 0.305 e. The second kappa shape index (κ2) is 6.73. The normalized spacial score (nSPS) is 10.0. The SMILES string of the molecule is CCOC(=O)CCCNC(=O)c1coc(C)c1. The molecule has 94 valence electrons. The molecule has 5 nitrogen and oxygen atoms in total. The van der Waals surface area contributed by atoms with Crippen LogP contribution in [-0.4, -0.2) is 25.0 Å². The van der Waals surface area contributed by atoms with Gasteiger partial charge in [0.2, 0.25) is 0 Å². The summed E-state index contributed by atoms with van der Waals surface area (Å²) < 4.78 is 9.80. The molecular formula is C12H17NO4. The molecule has 1 aromatic heterocycles. The average molecular weight is 239 g/mol. The summed E-state index contributed by atoms with van der Waals surface area (Å²) in [5, 5.41) is 2.70. The van der Waals surface area contributed by atoms with Crippen LogP contribution in [-0.2, 0) is 9.53 Å². The molecule has 1 heterocycles. The average Bonchev–Trinajstić information content (AvgIpc) is 2.71. The highest BCUT2D eigenvalue weighted by Gasteiger charge is 2.08. The van der Waals surface area contributed by atoms with Crippen LogP contribution in [0, 0.1) is 6.92 Å². The number of rotatable bonds is 6. The van der Waals surface area contributed by atoms with E-state index in [1.165, 1.54) is 6.26 Å². The highest BCUT2D eigenvalue weighted by atomic mass is 16.5. The first-order valence-corrected chi connectivity index (χ1v) is 5.62. The van der Waals surface area contributed by atoms with Crippen molar-refractivity contribution in [1.29, 1.82) is 0 Å². The van der Waals surface area contributed by atoms with Crippen LogP contribution >= 0.6 is 0 Å². The van der Waals surface area contributed by atoms with Crippen molar-refractivity contribution in [2.24, 2.45) is 0 Å². The van der Waals surface area contributed by atoms with E-state index in [2.05, 4.69) is 5.32 Å². The van der Waals surface area contributed by atoms with Crippen LogP contribution in [0.4, 0.5) is 0 Å². The Hall–Kier alpha value is -1.78. The molecule has 1 aromatic rings. The van der Waals surface area contributed by atoms with E-state index in [1.807, 2.05) is 0 Å². The molecule has 0 saturated carbocycles. The number of hydrogen-bond acceptors (Lipinski definition) is 4. The Morgan fingerprint density at radius 1 is 1.47 bits per heavy atom. The molecule has 0 atom stereocenters.